The largest absolute Gasteiger partial charge is 0.343 e. The van der Waals surface area contributed by atoms with Gasteiger partial charge in [0.1, 0.15) is 6.04 Å². The average molecular weight is 302 g/mol. The zero-order chi connectivity index (χ0) is 13.8. The molecule has 0 saturated carbocycles. The minimum Gasteiger partial charge on any atom is -0.343 e. The summed E-state index contributed by atoms with van der Waals surface area (Å²) >= 11 is 0. The highest BCUT2D eigenvalue weighted by Gasteiger charge is 2.31. The van der Waals surface area contributed by atoms with E-state index in [4.69, 9.17) is 0 Å². The number of aromatic nitrogens is 2. The minimum atomic E-state index is -0.448. The quantitative estimate of drug-likeness (QED) is 0.798. The van der Waals surface area contributed by atoms with E-state index in [0.717, 1.165) is 6.42 Å². The molecular weight excluding hydrogens is 282 g/mol. The van der Waals surface area contributed by atoms with Crippen LogP contribution in [0.1, 0.15) is 12.8 Å². The first-order valence-electron chi connectivity index (χ1n) is 6.37. The zero-order valence-electron chi connectivity index (χ0n) is 11.6. The fraction of sp³-hybridized carbons (Fsp3) is 0.583. The van der Waals surface area contributed by atoms with Crippen LogP contribution in [0.5, 0.6) is 0 Å². The van der Waals surface area contributed by atoms with Crippen LogP contribution in [0.4, 0.5) is 5.82 Å². The predicted octanol–water partition coefficient (Wildman–Crippen LogP) is -0.327. The van der Waals surface area contributed by atoms with Crippen molar-refractivity contribution < 1.29 is 9.59 Å². The van der Waals surface area contributed by atoms with Gasteiger partial charge in [-0.25, -0.2) is 0 Å². The van der Waals surface area contributed by atoms with E-state index in [1.54, 1.807) is 28.9 Å². The van der Waals surface area contributed by atoms with Gasteiger partial charge < -0.3 is 10.6 Å². The molecule has 8 heteroatoms. The molecule has 2 rings (SSSR count). The number of carbonyl (C=O) groups is 2. The van der Waals surface area contributed by atoms with Gasteiger partial charge in [-0.1, -0.05) is 0 Å². The summed E-state index contributed by atoms with van der Waals surface area (Å²) < 4.78 is 1.66. The van der Waals surface area contributed by atoms with Gasteiger partial charge >= 0.3 is 0 Å². The highest BCUT2D eigenvalue weighted by molar-refractivity contribution is 5.99. The van der Waals surface area contributed by atoms with Crippen molar-refractivity contribution in [1.29, 1.82) is 0 Å². The SMILES string of the molecule is CNCC(=O)NC1CCCN(c2ccn(C)n2)C1=O.Cl. The molecular formula is C12H20ClN5O2. The van der Waals surface area contributed by atoms with Crippen LogP contribution in [-0.2, 0) is 16.6 Å². The lowest BCUT2D eigenvalue weighted by Crippen LogP contribution is -2.53. The number of rotatable bonds is 4. The Bertz CT molecular complexity index is 476. The van der Waals surface area contributed by atoms with Crippen molar-refractivity contribution in [2.75, 3.05) is 25.0 Å². The highest BCUT2D eigenvalue weighted by atomic mass is 35.5. The molecule has 1 aliphatic rings. The molecule has 0 bridgehead atoms. The van der Waals surface area contributed by atoms with Gasteiger partial charge in [0.15, 0.2) is 5.82 Å². The lowest BCUT2D eigenvalue weighted by atomic mass is 10.0. The number of aryl methyl sites for hydroxylation is 1. The summed E-state index contributed by atoms with van der Waals surface area (Å²) in [4.78, 5) is 25.5. The van der Waals surface area contributed by atoms with Gasteiger partial charge in [-0.2, -0.15) is 5.10 Å². The number of amides is 2. The van der Waals surface area contributed by atoms with E-state index in [1.165, 1.54) is 0 Å². The zero-order valence-corrected chi connectivity index (χ0v) is 12.4. The molecule has 2 heterocycles. The first kappa shape index (κ1) is 16.5. The molecule has 1 aromatic rings. The second-order valence-corrected chi connectivity index (χ2v) is 4.63. The molecule has 1 fully saturated rings. The Labute approximate surface area is 124 Å². The van der Waals surface area contributed by atoms with E-state index in [9.17, 15) is 9.59 Å². The van der Waals surface area contributed by atoms with E-state index in [-0.39, 0.29) is 30.8 Å². The second kappa shape index (κ2) is 7.25. The van der Waals surface area contributed by atoms with Gasteiger partial charge in [0.25, 0.3) is 5.91 Å². The summed E-state index contributed by atoms with van der Waals surface area (Å²) in [6, 6.07) is 1.35. The Balaban J connectivity index is 0.00000200. The lowest BCUT2D eigenvalue weighted by Gasteiger charge is -2.31. The fourth-order valence-corrected chi connectivity index (χ4v) is 2.19. The van der Waals surface area contributed by atoms with Crippen molar-refractivity contribution >= 4 is 30.0 Å². The maximum atomic E-state index is 12.3. The predicted molar refractivity (Wildman–Crippen MR) is 77.9 cm³/mol. The molecule has 0 spiro atoms. The normalized spacial score (nSPS) is 18.6. The molecule has 1 atom stereocenters. The van der Waals surface area contributed by atoms with Gasteiger partial charge in [-0.15, -0.1) is 12.4 Å². The van der Waals surface area contributed by atoms with E-state index in [1.807, 2.05) is 7.05 Å². The monoisotopic (exact) mass is 301 g/mol. The number of carbonyl (C=O) groups excluding carboxylic acids is 2. The first-order valence-corrected chi connectivity index (χ1v) is 6.37. The van der Waals surface area contributed by atoms with Crippen molar-refractivity contribution in [2.24, 2.45) is 7.05 Å². The number of piperidine rings is 1. The Morgan fingerprint density at radius 1 is 1.55 bits per heavy atom. The van der Waals surface area contributed by atoms with Crippen LogP contribution >= 0.6 is 12.4 Å². The maximum Gasteiger partial charge on any atom is 0.250 e. The molecule has 2 N–H and O–H groups in total. The van der Waals surface area contributed by atoms with Crippen LogP contribution < -0.4 is 15.5 Å². The second-order valence-electron chi connectivity index (χ2n) is 4.63. The summed E-state index contributed by atoms with van der Waals surface area (Å²) in [6.07, 6.45) is 3.33. The Morgan fingerprint density at radius 3 is 2.90 bits per heavy atom. The number of nitrogens with one attached hydrogen (secondary N) is 2. The minimum absolute atomic E-state index is 0. The first-order chi connectivity index (χ1) is 9.11. The summed E-state index contributed by atoms with van der Waals surface area (Å²) in [5, 5.41) is 9.75. The Kier molecular flexibility index (Phi) is 5.97. The Morgan fingerprint density at radius 2 is 2.30 bits per heavy atom. The van der Waals surface area contributed by atoms with Gasteiger partial charge in [0.05, 0.1) is 6.54 Å². The number of hydrogen-bond acceptors (Lipinski definition) is 4. The van der Waals surface area contributed by atoms with E-state index in [2.05, 4.69) is 15.7 Å². The van der Waals surface area contributed by atoms with Gasteiger partial charge in [-0.3, -0.25) is 19.2 Å². The summed E-state index contributed by atoms with van der Waals surface area (Å²) in [5.74, 6) is 0.387. The standard InChI is InChI=1S/C12H19N5O2.ClH/c1-13-8-11(18)14-9-4-3-6-17(12(9)19)10-5-7-16(2)15-10;/h5,7,9,13H,3-4,6,8H2,1-2H3,(H,14,18);1H. The van der Waals surface area contributed by atoms with Crippen LogP contribution in [0.25, 0.3) is 0 Å². The highest BCUT2D eigenvalue weighted by Crippen LogP contribution is 2.18. The van der Waals surface area contributed by atoms with E-state index >= 15 is 0 Å². The number of likely N-dealkylation sites (N-methyl/N-ethyl adjacent to an activating group) is 1. The molecule has 0 radical (unpaired) electrons. The molecule has 0 aromatic carbocycles. The van der Waals surface area contributed by atoms with Gasteiger partial charge in [-0.05, 0) is 19.9 Å². The molecule has 112 valence electrons. The average Bonchev–Trinajstić information content (AvgIpc) is 2.79. The number of anilines is 1. The molecule has 1 saturated heterocycles. The summed E-state index contributed by atoms with van der Waals surface area (Å²) in [6.45, 7) is 0.863. The topological polar surface area (TPSA) is 79.3 Å². The molecule has 1 aliphatic heterocycles. The van der Waals surface area contributed by atoms with Gasteiger partial charge in [0.2, 0.25) is 5.91 Å². The molecule has 0 aliphatic carbocycles. The third-order valence-corrected chi connectivity index (χ3v) is 3.09. The third kappa shape index (κ3) is 3.71. The smallest absolute Gasteiger partial charge is 0.250 e. The Hall–Kier alpha value is -1.60. The molecule has 1 unspecified atom stereocenters. The van der Waals surface area contributed by atoms with Gasteiger partial charge in [0, 0.05) is 25.9 Å². The lowest BCUT2D eigenvalue weighted by molar-refractivity contribution is -0.128. The van der Waals surface area contributed by atoms with Crippen molar-refractivity contribution in [1.82, 2.24) is 20.4 Å². The fourth-order valence-electron chi connectivity index (χ4n) is 2.19. The van der Waals surface area contributed by atoms with E-state index < -0.39 is 6.04 Å². The maximum absolute atomic E-state index is 12.3. The molecule has 20 heavy (non-hydrogen) atoms. The molecule has 7 nitrogen and oxygen atoms in total. The number of hydrogen-bond donors (Lipinski definition) is 2. The number of nitrogens with zero attached hydrogens (tertiary/aromatic N) is 3. The van der Waals surface area contributed by atoms with Crippen molar-refractivity contribution in [2.45, 2.75) is 18.9 Å². The van der Waals surface area contributed by atoms with Crippen LogP contribution in [0.3, 0.4) is 0 Å². The van der Waals surface area contributed by atoms with Crippen LogP contribution in [0.2, 0.25) is 0 Å². The van der Waals surface area contributed by atoms with Crippen molar-refractivity contribution in [3.05, 3.63) is 12.3 Å². The van der Waals surface area contributed by atoms with Crippen molar-refractivity contribution in [3.8, 4) is 0 Å². The third-order valence-electron chi connectivity index (χ3n) is 3.09. The van der Waals surface area contributed by atoms with Crippen LogP contribution in [0.15, 0.2) is 12.3 Å². The molecule has 1 aromatic heterocycles. The summed E-state index contributed by atoms with van der Waals surface area (Å²) in [5.41, 5.74) is 0. The van der Waals surface area contributed by atoms with Crippen molar-refractivity contribution in [3.63, 3.8) is 0 Å². The van der Waals surface area contributed by atoms with Crippen LogP contribution in [0, 0.1) is 0 Å². The van der Waals surface area contributed by atoms with Crippen LogP contribution in [-0.4, -0.2) is 47.8 Å². The summed E-state index contributed by atoms with van der Waals surface area (Å²) in [7, 11) is 3.51. The van der Waals surface area contributed by atoms with E-state index in [0.29, 0.717) is 18.8 Å². The molecule has 2 amide bonds. The number of halogens is 1.